The zero-order chi connectivity index (χ0) is 56.6. The summed E-state index contributed by atoms with van der Waals surface area (Å²) >= 11 is 6.90. The molecule has 0 saturated heterocycles. The van der Waals surface area contributed by atoms with Gasteiger partial charge in [0.2, 0.25) is 0 Å². The van der Waals surface area contributed by atoms with E-state index in [0.717, 1.165) is 71.7 Å². The van der Waals surface area contributed by atoms with Crippen molar-refractivity contribution in [2.75, 3.05) is 0 Å². The van der Waals surface area contributed by atoms with E-state index in [1.807, 2.05) is 6.07 Å². The van der Waals surface area contributed by atoms with Crippen LogP contribution in [0, 0.1) is 0 Å². The lowest BCUT2D eigenvalue weighted by Gasteiger charge is -2.23. The van der Waals surface area contributed by atoms with Crippen LogP contribution in [0.3, 0.4) is 0 Å². The fourth-order valence-corrected chi connectivity index (χ4v) is 13.3. The van der Waals surface area contributed by atoms with E-state index in [4.69, 9.17) is 27.6 Å². The van der Waals surface area contributed by atoms with Gasteiger partial charge >= 0.3 is 0 Å². The summed E-state index contributed by atoms with van der Waals surface area (Å²) in [7, 11) is 0. The third-order valence-electron chi connectivity index (χ3n) is 16.3. The van der Waals surface area contributed by atoms with Crippen molar-refractivity contribution in [1.82, 2.24) is 19.5 Å². The zero-order valence-electron chi connectivity index (χ0n) is 47.3. The second-order valence-corrected chi connectivity index (χ2v) is 25.4. The number of nitrogens with zero attached hydrogens (tertiary/aromatic N) is 4. The number of rotatable bonds is 9. The molecule has 4 nitrogen and oxygen atoms in total. The molecule has 83 heavy (non-hydrogen) atoms. The first-order chi connectivity index (χ1) is 40.3. The number of hydrogen-bond donors (Lipinski definition) is 1. The molecule has 400 valence electrons. The van der Waals surface area contributed by atoms with Gasteiger partial charge in [0.1, 0.15) is 0 Å². The van der Waals surface area contributed by atoms with Gasteiger partial charge in [-0.15, -0.1) is 24.0 Å². The van der Waals surface area contributed by atoms with Gasteiger partial charge in [0, 0.05) is 63.7 Å². The van der Waals surface area contributed by atoms with Crippen molar-refractivity contribution >= 4 is 65.9 Å². The smallest absolute Gasteiger partial charge is 0.164 e. The molecule has 0 unspecified atom stereocenters. The second kappa shape index (κ2) is 20.7. The molecule has 0 saturated carbocycles. The fraction of sp³-hybridized carbons (Fsp3) is 0.104. The highest BCUT2D eigenvalue weighted by atomic mass is 32.1. The van der Waals surface area contributed by atoms with Gasteiger partial charge in [-0.1, -0.05) is 236 Å². The molecule has 6 heteroatoms. The number of thiol groups is 1. The van der Waals surface area contributed by atoms with E-state index in [2.05, 4.69) is 289 Å². The molecule has 0 atom stereocenters. The van der Waals surface area contributed by atoms with E-state index in [1.54, 1.807) is 11.3 Å². The normalized spacial score (nSPS) is 12.0. The van der Waals surface area contributed by atoms with Crippen LogP contribution in [-0.2, 0) is 10.8 Å². The van der Waals surface area contributed by atoms with Crippen LogP contribution in [0.25, 0.3) is 137 Å². The number of thiophene rings is 1. The van der Waals surface area contributed by atoms with Crippen LogP contribution in [-0.4, -0.2) is 19.5 Å². The molecule has 0 bridgehead atoms. The summed E-state index contributed by atoms with van der Waals surface area (Å²) in [4.78, 5) is 17.2. The maximum absolute atomic E-state index is 5.54. The monoisotopic (exact) mass is 1100 g/mol. The van der Waals surface area contributed by atoms with Crippen LogP contribution in [0.4, 0.5) is 0 Å². The van der Waals surface area contributed by atoms with Gasteiger partial charge < -0.3 is 4.57 Å². The van der Waals surface area contributed by atoms with Crippen LogP contribution < -0.4 is 0 Å². The molecular weight excluding hydrogens is 1050 g/mol. The lowest BCUT2D eigenvalue weighted by molar-refractivity contribution is 0.590. The third kappa shape index (κ3) is 9.72. The molecule has 0 aliphatic carbocycles. The van der Waals surface area contributed by atoms with Gasteiger partial charge in [-0.2, -0.15) is 0 Å². The van der Waals surface area contributed by atoms with Crippen molar-refractivity contribution in [2.24, 2.45) is 0 Å². The summed E-state index contributed by atoms with van der Waals surface area (Å²) in [5.41, 5.74) is 19.5. The highest BCUT2D eigenvalue weighted by molar-refractivity contribution is 7.80. The van der Waals surface area contributed by atoms with Crippen molar-refractivity contribution in [3.63, 3.8) is 0 Å². The van der Waals surface area contributed by atoms with E-state index >= 15 is 0 Å². The highest BCUT2D eigenvalue weighted by Crippen LogP contribution is 2.47. The standard InChI is InChI=1S/C77H60N4S2/c1-76(2,3)58-34-26-51(27-35-58)63-44-57(75-79-73(55-30-38-60(69(82)46-55)50-22-14-9-15-23-50)78-74(80-75)56-31-39-62-61-24-16-17-25-70(61)83-71(62)47-56)45-64(52-28-36-59(37-29-52)77(4,5)6)72(63)81-67-40-32-53(48-18-10-7-11-19-48)42-65(67)66-43-54(33-41-68(66)81)49-20-12-8-13-21-49/h7-47,82H,1-6H3. The Morgan fingerprint density at radius 1 is 0.313 bits per heavy atom. The predicted octanol–water partition coefficient (Wildman–Crippen LogP) is 21.6. The largest absolute Gasteiger partial charge is 0.308 e. The topological polar surface area (TPSA) is 43.6 Å². The number of fused-ring (bicyclic) bond motifs is 6. The van der Waals surface area contributed by atoms with E-state index in [1.165, 1.54) is 64.3 Å². The van der Waals surface area contributed by atoms with Crippen LogP contribution in [0.5, 0.6) is 0 Å². The van der Waals surface area contributed by atoms with Crippen LogP contribution in [0.2, 0.25) is 0 Å². The fourth-order valence-electron chi connectivity index (χ4n) is 11.8. The maximum Gasteiger partial charge on any atom is 0.164 e. The van der Waals surface area contributed by atoms with E-state index in [0.29, 0.717) is 17.5 Å². The lowest BCUT2D eigenvalue weighted by atomic mass is 9.84. The molecule has 3 aromatic heterocycles. The predicted molar refractivity (Wildman–Crippen MR) is 355 cm³/mol. The average Bonchev–Trinajstić information content (AvgIpc) is 2.85. The van der Waals surface area contributed by atoms with Gasteiger partial charge in [-0.25, -0.2) is 15.0 Å². The lowest BCUT2D eigenvalue weighted by Crippen LogP contribution is -2.11. The molecule has 14 aromatic rings. The SMILES string of the molecule is CC(C)(C)c1ccc(-c2cc(-c3nc(-c4ccc(-c5ccccc5)c(S)c4)nc(-c4ccc5c(c4)sc4ccccc45)n3)cc(-c3ccc(C(C)(C)C)cc3)c2-n2c3ccc(-c4ccccc4)cc3c3cc(-c4ccccc4)ccc32)cc1. The van der Waals surface area contributed by atoms with E-state index in [9.17, 15) is 0 Å². The van der Waals surface area contributed by atoms with Crippen molar-refractivity contribution in [3.05, 3.63) is 260 Å². The van der Waals surface area contributed by atoms with Crippen LogP contribution >= 0.6 is 24.0 Å². The first-order valence-corrected chi connectivity index (χ1v) is 29.7. The highest BCUT2D eigenvalue weighted by Gasteiger charge is 2.26. The van der Waals surface area contributed by atoms with Crippen molar-refractivity contribution < 1.29 is 0 Å². The summed E-state index contributed by atoms with van der Waals surface area (Å²) in [5.74, 6) is 1.74. The molecule has 0 spiro atoms. The Labute approximate surface area is 494 Å². The van der Waals surface area contributed by atoms with Crippen molar-refractivity contribution in [1.29, 1.82) is 0 Å². The van der Waals surface area contributed by atoms with Gasteiger partial charge in [0.25, 0.3) is 0 Å². The molecule has 0 radical (unpaired) electrons. The Morgan fingerprint density at radius 2 is 0.723 bits per heavy atom. The summed E-state index contributed by atoms with van der Waals surface area (Å²) < 4.78 is 4.95. The molecule has 0 aliphatic heterocycles. The first-order valence-electron chi connectivity index (χ1n) is 28.5. The summed E-state index contributed by atoms with van der Waals surface area (Å²) in [5, 5.41) is 4.82. The Hall–Kier alpha value is -9.20. The Morgan fingerprint density at radius 3 is 1.23 bits per heavy atom. The van der Waals surface area contributed by atoms with Gasteiger partial charge in [0.15, 0.2) is 17.5 Å². The quantitative estimate of drug-likeness (QED) is 0.147. The molecular formula is C77H60N4S2. The van der Waals surface area contributed by atoms with Crippen molar-refractivity contribution in [3.8, 4) is 95.5 Å². The molecule has 0 N–H and O–H groups in total. The molecule has 0 aliphatic rings. The molecule has 0 fully saturated rings. The second-order valence-electron chi connectivity index (χ2n) is 23.8. The summed E-state index contributed by atoms with van der Waals surface area (Å²) in [6.07, 6.45) is 0. The Kier molecular flexibility index (Phi) is 12.9. The van der Waals surface area contributed by atoms with Crippen molar-refractivity contribution in [2.45, 2.75) is 57.3 Å². The minimum atomic E-state index is -0.0500. The van der Waals surface area contributed by atoms with Crippen LogP contribution in [0.1, 0.15) is 52.7 Å². The minimum Gasteiger partial charge on any atom is -0.308 e. The number of aromatic nitrogens is 4. The summed E-state index contributed by atoms with van der Waals surface area (Å²) in [6, 6.07) is 90.4. The summed E-state index contributed by atoms with van der Waals surface area (Å²) in [6.45, 7) is 13.7. The Balaban J connectivity index is 1.07. The maximum atomic E-state index is 5.54. The third-order valence-corrected chi connectivity index (χ3v) is 17.8. The number of hydrogen-bond acceptors (Lipinski definition) is 5. The van der Waals surface area contributed by atoms with E-state index in [-0.39, 0.29) is 10.8 Å². The number of benzene rings is 11. The van der Waals surface area contributed by atoms with Gasteiger partial charge in [0.05, 0.1) is 16.7 Å². The zero-order valence-corrected chi connectivity index (χ0v) is 49.0. The first kappa shape index (κ1) is 51.9. The van der Waals surface area contributed by atoms with Crippen LogP contribution in [0.15, 0.2) is 254 Å². The Bertz CT molecular complexity index is 4600. The molecule has 0 amide bonds. The average molecular weight is 1110 g/mol. The molecule has 11 aromatic carbocycles. The molecule has 3 heterocycles. The molecule has 14 rings (SSSR count). The minimum absolute atomic E-state index is 0.0500. The van der Waals surface area contributed by atoms with E-state index < -0.39 is 0 Å². The van der Waals surface area contributed by atoms with Gasteiger partial charge in [-0.3, -0.25) is 0 Å². The van der Waals surface area contributed by atoms with Gasteiger partial charge in [-0.05, 0) is 121 Å².